The summed E-state index contributed by atoms with van der Waals surface area (Å²) in [6.45, 7) is 3.52. The van der Waals surface area contributed by atoms with Gasteiger partial charge >= 0.3 is 0 Å². The van der Waals surface area contributed by atoms with Gasteiger partial charge in [0.1, 0.15) is 6.54 Å². The van der Waals surface area contributed by atoms with Gasteiger partial charge in [-0.1, -0.05) is 12.1 Å². The van der Waals surface area contributed by atoms with Crippen molar-refractivity contribution < 1.29 is 14.4 Å². The van der Waals surface area contributed by atoms with E-state index >= 15 is 0 Å². The van der Waals surface area contributed by atoms with E-state index in [1.54, 1.807) is 6.08 Å². The predicted octanol–water partition coefficient (Wildman–Crippen LogP) is 2.09. The first-order valence-corrected chi connectivity index (χ1v) is 7.48. The van der Waals surface area contributed by atoms with Crippen molar-refractivity contribution >= 4 is 46.2 Å². The van der Waals surface area contributed by atoms with Crippen molar-refractivity contribution in [3.8, 4) is 0 Å². The second kappa shape index (κ2) is 6.53. The molecule has 2 rings (SSSR count). The minimum atomic E-state index is -0.429. The number of imide groups is 1. The molecule has 20 heavy (non-hydrogen) atoms. The van der Waals surface area contributed by atoms with Gasteiger partial charge in [0.05, 0.1) is 4.91 Å². The lowest BCUT2D eigenvalue weighted by atomic mass is 10.3. The Bertz CT molecular complexity index is 578. The normalized spacial score (nSPS) is 16.8. The van der Waals surface area contributed by atoms with Crippen molar-refractivity contribution in [2.75, 3.05) is 13.1 Å². The van der Waals surface area contributed by atoms with Crippen LogP contribution in [0.25, 0.3) is 6.08 Å². The maximum Gasteiger partial charge on any atom is 0.294 e. The topological polar surface area (TPSA) is 66.5 Å². The van der Waals surface area contributed by atoms with Crippen LogP contribution in [-0.4, -0.2) is 35.0 Å². The summed E-state index contributed by atoms with van der Waals surface area (Å²) in [7, 11) is 0. The zero-order chi connectivity index (χ0) is 14.5. The second-order valence-electron chi connectivity index (χ2n) is 3.88. The fourth-order valence-electron chi connectivity index (χ4n) is 1.52. The van der Waals surface area contributed by atoms with Crippen LogP contribution in [0.2, 0.25) is 0 Å². The molecule has 1 aromatic rings. The van der Waals surface area contributed by atoms with Crippen molar-refractivity contribution in [1.29, 1.82) is 0 Å². The van der Waals surface area contributed by atoms with Gasteiger partial charge in [-0.3, -0.25) is 19.3 Å². The summed E-state index contributed by atoms with van der Waals surface area (Å²) in [5, 5.41) is 3.99. The molecule has 1 aromatic heterocycles. The number of hydrogen-bond acceptors (Lipinski definition) is 5. The third-order valence-corrected chi connectivity index (χ3v) is 4.16. The highest BCUT2D eigenvalue weighted by molar-refractivity contribution is 8.18. The van der Waals surface area contributed by atoms with Crippen LogP contribution in [-0.2, 0) is 9.59 Å². The molecule has 1 N–H and O–H groups in total. The van der Waals surface area contributed by atoms with Crippen molar-refractivity contribution in [3.05, 3.63) is 40.0 Å². The maximum absolute atomic E-state index is 12.1. The molecule has 1 aliphatic rings. The highest BCUT2D eigenvalue weighted by Crippen LogP contribution is 2.32. The molecule has 7 heteroatoms. The molecular weight excluding hydrogens is 296 g/mol. The SMILES string of the molecule is C=CCNC(=O)CN1C(=O)S/C(=C\c2cccs2)C1=O. The average Bonchev–Trinajstić information content (AvgIpc) is 3.01. The molecule has 0 radical (unpaired) electrons. The number of carbonyl (C=O) groups excluding carboxylic acids is 3. The number of hydrogen-bond donors (Lipinski definition) is 1. The summed E-state index contributed by atoms with van der Waals surface area (Å²) in [4.78, 5) is 37.6. The summed E-state index contributed by atoms with van der Waals surface area (Å²) < 4.78 is 0. The summed E-state index contributed by atoms with van der Waals surface area (Å²) >= 11 is 2.33. The molecular formula is C13H12N2O3S2. The van der Waals surface area contributed by atoms with E-state index in [1.165, 1.54) is 17.4 Å². The number of thioether (sulfide) groups is 1. The highest BCUT2D eigenvalue weighted by atomic mass is 32.2. The molecule has 0 aromatic carbocycles. The van der Waals surface area contributed by atoms with Crippen LogP contribution in [0, 0.1) is 0 Å². The van der Waals surface area contributed by atoms with E-state index in [4.69, 9.17) is 0 Å². The number of thiophene rings is 1. The van der Waals surface area contributed by atoms with Gasteiger partial charge in [-0.25, -0.2) is 0 Å². The van der Waals surface area contributed by atoms with Crippen LogP contribution in [0.4, 0.5) is 4.79 Å². The molecule has 1 aliphatic heterocycles. The van der Waals surface area contributed by atoms with Crippen molar-refractivity contribution in [2.24, 2.45) is 0 Å². The number of carbonyl (C=O) groups is 3. The molecule has 0 aliphatic carbocycles. The van der Waals surface area contributed by atoms with Crippen LogP contribution < -0.4 is 5.32 Å². The van der Waals surface area contributed by atoms with E-state index in [1.807, 2.05) is 17.5 Å². The molecule has 0 spiro atoms. The monoisotopic (exact) mass is 308 g/mol. The third-order valence-electron chi connectivity index (χ3n) is 2.44. The van der Waals surface area contributed by atoms with E-state index < -0.39 is 11.1 Å². The molecule has 1 fully saturated rings. The van der Waals surface area contributed by atoms with E-state index in [9.17, 15) is 14.4 Å². The second-order valence-corrected chi connectivity index (χ2v) is 5.85. The summed E-state index contributed by atoms with van der Waals surface area (Å²) in [6, 6.07) is 3.72. The standard InChI is InChI=1S/C13H12N2O3S2/c1-2-5-14-11(16)8-15-12(17)10(20-13(15)18)7-9-4-3-6-19-9/h2-4,6-7H,1,5,8H2,(H,14,16)/b10-7-. The zero-order valence-corrected chi connectivity index (χ0v) is 12.1. The quantitative estimate of drug-likeness (QED) is 0.668. The number of amides is 3. The van der Waals surface area contributed by atoms with Crippen molar-refractivity contribution in [3.63, 3.8) is 0 Å². The Labute approximate surface area is 124 Å². The predicted molar refractivity (Wildman–Crippen MR) is 80.2 cm³/mol. The first-order chi connectivity index (χ1) is 9.61. The molecule has 0 bridgehead atoms. The molecule has 0 unspecified atom stereocenters. The largest absolute Gasteiger partial charge is 0.351 e. The van der Waals surface area contributed by atoms with Gasteiger partial charge in [0, 0.05) is 11.4 Å². The first-order valence-electron chi connectivity index (χ1n) is 5.78. The Morgan fingerprint density at radius 2 is 2.25 bits per heavy atom. The van der Waals surface area contributed by atoms with Gasteiger partial charge in [-0.2, -0.15) is 0 Å². The van der Waals surface area contributed by atoms with Crippen molar-refractivity contribution in [1.82, 2.24) is 10.2 Å². The van der Waals surface area contributed by atoms with Crippen LogP contribution in [0.1, 0.15) is 4.88 Å². The lowest BCUT2D eigenvalue weighted by molar-refractivity contribution is -0.129. The molecule has 3 amide bonds. The lowest BCUT2D eigenvalue weighted by Gasteiger charge is -2.11. The van der Waals surface area contributed by atoms with Gasteiger partial charge in [-0.05, 0) is 29.3 Å². The van der Waals surface area contributed by atoms with Crippen LogP contribution >= 0.6 is 23.1 Å². The number of nitrogens with one attached hydrogen (secondary N) is 1. The first kappa shape index (κ1) is 14.5. The van der Waals surface area contributed by atoms with E-state index in [0.29, 0.717) is 11.4 Å². The van der Waals surface area contributed by atoms with Gasteiger partial charge in [-0.15, -0.1) is 17.9 Å². The maximum atomic E-state index is 12.1. The number of rotatable bonds is 5. The Kier molecular flexibility index (Phi) is 4.75. The fraction of sp³-hybridized carbons (Fsp3) is 0.154. The lowest BCUT2D eigenvalue weighted by Crippen LogP contribution is -2.39. The molecule has 2 heterocycles. The molecule has 0 atom stereocenters. The Morgan fingerprint density at radius 3 is 2.90 bits per heavy atom. The minimum Gasteiger partial charge on any atom is -0.351 e. The minimum absolute atomic E-state index is 0.264. The zero-order valence-electron chi connectivity index (χ0n) is 10.5. The number of nitrogens with zero attached hydrogens (tertiary/aromatic N) is 1. The Hall–Kier alpha value is -1.86. The van der Waals surface area contributed by atoms with Crippen LogP contribution in [0.5, 0.6) is 0 Å². The Morgan fingerprint density at radius 1 is 1.45 bits per heavy atom. The van der Waals surface area contributed by atoms with Crippen LogP contribution in [0.3, 0.4) is 0 Å². The average molecular weight is 308 g/mol. The van der Waals surface area contributed by atoms with Gasteiger partial charge in [0.2, 0.25) is 5.91 Å². The molecule has 0 saturated carbocycles. The summed E-state index contributed by atoms with van der Waals surface area (Å²) in [6.07, 6.45) is 3.19. The summed E-state index contributed by atoms with van der Waals surface area (Å²) in [5.41, 5.74) is 0. The molecule has 1 saturated heterocycles. The van der Waals surface area contributed by atoms with Gasteiger partial charge in [0.15, 0.2) is 0 Å². The highest BCUT2D eigenvalue weighted by Gasteiger charge is 2.36. The third kappa shape index (κ3) is 3.37. The Balaban J connectivity index is 2.05. The molecule has 104 valence electrons. The smallest absolute Gasteiger partial charge is 0.294 e. The molecule has 5 nitrogen and oxygen atoms in total. The van der Waals surface area contributed by atoms with Crippen molar-refractivity contribution in [2.45, 2.75) is 0 Å². The van der Waals surface area contributed by atoms with E-state index in [0.717, 1.165) is 21.5 Å². The van der Waals surface area contributed by atoms with E-state index in [2.05, 4.69) is 11.9 Å². The summed E-state index contributed by atoms with van der Waals surface area (Å²) in [5.74, 6) is -0.813. The fourth-order valence-corrected chi connectivity index (χ4v) is 3.09. The van der Waals surface area contributed by atoms with E-state index in [-0.39, 0.29) is 12.5 Å². The van der Waals surface area contributed by atoms with Gasteiger partial charge < -0.3 is 5.32 Å². The van der Waals surface area contributed by atoms with Crippen LogP contribution in [0.15, 0.2) is 35.1 Å². The van der Waals surface area contributed by atoms with Gasteiger partial charge in [0.25, 0.3) is 11.1 Å².